The van der Waals surface area contributed by atoms with Crippen molar-refractivity contribution in [3.8, 4) is 11.8 Å². The van der Waals surface area contributed by atoms with Gasteiger partial charge in [-0.15, -0.1) is 0 Å². The molecule has 1 heterocycles. The molecule has 1 fully saturated rings. The van der Waals surface area contributed by atoms with Crippen LogP contribution in [0.4, 0.5) is 0 Å². The van der Waals surface area contributed by atoms with Gasteiger partial charge >= 0.3 is 5.97 Å². The van der Waals surface area contributed by atoms with E-state index in [-0.39, 0.29) is 12.5 Å². The second-order valence-electron chi connectivity index (χ2n) is 6.96. The molecule has 1 saturated heterocycles. The molecule has 2 aromatic carbocycles. The number of methoxy groups -OCH3 is 2. The van der Waals surface area contributed by atoms with Gasteiger partial charge in [0.25, 0.3) is 0 Å². The quantitative estimate of drug-likeness (QED) is 0.699. The van der Waals surface area contributed by atoms with Crippen LogP contribution in [-0.2, 0) is 20.9 Å². The Hall–Kier alpha value is -3.04. The molecule has 0 bridgehead atoms. The van der Waals surface area contributed by atoms with Gasteiger partial charge in [0, 0.05) is 11.6 Å². The molecule has 7 heteroatoms. The van der Waals surface area contributed by atoms with Gasteiger partial charge in [0.2, 0.25) is 5.91 Å². The predicted molar refractivity (Wildman–Crippen MR) is 107 cm³/mol. The molecule has 2 aromatic rings. The third-order valence-electron chi connectivity index (χ3n) is 5.49. The van der Waals surface area contributed by atoms with Gasteiger partial charge in [-0.2, -0.15) is 5.26 Å². The van der Waals surface area contributed by atoms with E-state index < -0.39 is 23.3 Å². The minimum Gasteiger partial charge on any atom is -0.497 e. The summed E-state index contributed by atoms with van der Waals surface area (Å²) in [4.78, 5) is 27.6. The Morgan fingerprint density at radius 3 is 2.31 bits per heavy atom. The number of carbonyl (C=O) groups is 2. The van der Waals surface area contributed by atoms with E-state index in [1.54, 1.807) is 55.3 Å². The highest BCUT2D eigenvalue weighted by Crippen LogP contribution is 2.52. The number of carbonyl (C=O) groups excluding carboxylic acids is 2. The smallest absolute Gasteiger partial charge is 0.329 e. The molecule has 0 N–H and O–H groups in total. The summed E-state index contributed by atoms with van der Waals surface area (Å²) in [6.45, 7) is 1.83. The van der Waals surface area contributed by atoms with E-state index >= 15 is 0 Å². The van der Waals surface area contributed by atoms with Crippen molar-refractivity contribution in [3.63, 3.8) is 0 Å². The second-order valence-corrected chi connectivity index (χ2v) is 7.40. The molecule has 3 rings (SSSR count). The molecule has 150 valence electrons. The minimum absolute atomic E-state index is 0.234. The van der Waals surface area contributed by atoms with Crippen molar-refractivity contribution in [1.29, 1.82) is 5.26 Å². The first-order chi connectivity index (χ1) is 13.9. The van der Waals surface area contributed by atoms with Crippen LogP contribution < -0.4 is 4.74 Å². The third-order valence-corrected chi connectivity index (χ3v) is 5.74. The standard InChI is InChI=1S/C22H21ClN2O4/c1-14-20(26)25(12-15-4-8-17(23)9-5-15)19(22(14,13-24)21(27)29-3)16-6-10-18(28-2)11-7-16/h4-11,14,19H,12H2,1-3H3/t14-,19-,22-/m1/s1. The zero-order chi connectivity index (χ0) is 21.2. The van der Waals surface area contributed by atoms with Gasteiger partial charge in [0.1, 0.15) is 5.75 Å². The largest absolute Gasteiger partial charge is 0.497 e. The number of nitriles is 1. The average Bonchev–Trinajstić information content (AvgIpc) is 2.96. The van der Waals surface area contributed by atoms with Crippen LogP contribution in [0.5, 0.6) is 5.75 Å². The molecule has 0 radical (unpaired) electrons. The lowest BCUT2D eigenvalue weighted by Gasteiger charge is -2.32. The van der Waals surface area contributed by atoms with E-state index in [4.69, 9.17) is 21.1 Å². The van der Waals surface area contributed by atoms with E-state index in [1.807, 2.05) is 12.1 Å². The van der Waals surface area contributed by atoms with Crippen molar-refractivity contribution in [2.24, 2.45) is 11.3 Å². The van der Waals surface area contributed by atoms with E-state index in [0.717, 1.165) is 5.56 Å². The first kappa shape index (κ1) is 20.7. The molecule has 29 heavy (non-hydrogen) atoms. The molecule has 0 unspecified atom stereocenters. The summed E-state index contributed by atoms with van der Waals surface area (Å²) in [6, 6.07) is 15.4. The Bertz CT molecular complexity index is 952. The van der Waals surface area contributed by atoms with Gasteiger partial charge in [0.05, 0.1) is 32.2 Å². The van der Waals surface area contributed by atoms with Crippen LogP contribution in [0.1, 0.15) is 24.1 Å². The van der Waals surface area contributed by atoms with Gasteiger partial charge < -0.3 is 14.4 Å². The number of likely N-dealkylation sites (tertiary alicyclic amines) is 1. The zero-order valence-corrected chi connectivity index (χ0v) is 17.1. The number of benzene rings is 2. The Kier molecular flexibility index (Phi) is 5.81. The second kappa shape index (κ2) is 8.14. The Balaban J connectivity index is 2.13. The lowest BCUT2D eigenvalue weighted by molar-refractivity contribution is -0.153. The van der Waals surface area contributed by atoms with Crippen molar-refractivity contribution in [1.82, 2.24) is 4.90 Å². The number of esters is 1. The molecular weight excluding hydrogens is 392 g/mol. The molecule has 0 aliphatic carbocycles. The molecule has 6 nitrogen and oxygen atoms in total. The summed E-state index contributed by atoms with van der Waals surface area (Å²) in [5.74, 6) is -1.23. The summed E-state index contributed by atoms with van der Waals surface area (Å²) < 4.78 is 10.2. The highest BCUT2D eigenvalue weighted by molar-refractivity contribution is 6.30. The van der Waals surface area contributed by atoms with Crippen molar-refractivity contribution < 1.29 is 19.1 Å². The van der Waals surface area contributed by atoms with E-state index in [1.165, 1.54) is 7.11 Å². The predicted octanol–water partition coefficient (Wildman–Crippen LogP) is 3.75. The number of halogens is 1. The van der Waals surface area contributed by atoms with Crippen molar-refractivity contribution in [2.45, 2.75) is 19.5 Å². The van der Waals surface area contributed by atoms with Crippen LogP contribution in [0, 0.1) is 22.7 Å². The molecule has 0 saturated carbocycles. The zero-order valence-electron chi connectivity index (χ0n) is 16.4. The molecule has 1 aliphatic heterocycles. The number of hydrogen-bond donors (Lipinski definition) is 0. The van der Waals surface area contributed by atoms with Crippen molar-refractivity contribution in [2.75, 3.05) is 14.2 Å². The maximum atomic E-state index is 13.2. The average molecular weight is 413 g/mol. The fraction of sp³-hybridized carbons (Fsp3) is 0.318. The molecule has 0 aromatic heterocycles. The molecule has 1 amide bonds. The Morgan fingerprint density at radius 2 is 1.79 bits per heavy atom. The Morgan fingerprint density at radius 1 is 1.17 bits per heavy atom. The van der Waals surface area contributed by atoms with Crippen LogP contribution in [-0.4, -0.2) is 31.0 Å². The van der Waals surface area contributed by atoms with Crippen LogP contribution in [0.3, 0.4) is 0 Å². The number of hydrogen-bond acceptors (Lipinski definition) is 5. The minimum atomic E-state index is -1.66. The maximum Gasteiger partial charge on any atom is 0.329 e. The summed E-state index contributed by atoms with van der Waals surface area (Å²) >= 11 is 5.96. The highest BCUT2D eigenvalue weighted by Gasteiger charge is 2.63. The van der Waals surface area contributed by atoms with Gasteiger partial charge in [-0.3, -0.25) is 9.59 Å². The van der Waals surface area contributed by atoms with Crippen LogP contribution in [0.2, 0.25) is 5.02 Å². The van der Waals surface area contributed by atoms with Crippen LogP contribution in [0.25, 0.3) is 0 Å². The van der Waals surface area contributed by atoms with Crippen LogP contribution in [0.15, 0.2) is 48.5 Å². The SMILES string of the molecule is COC(=O)[C@]1(C#N)[C@H](C)C(=O)N(Cc2ccc(Cl)cc2)[C@@H]1c1ccc(OC)cc1. The van der Waals surface area contributed by atoms with Crippen molar-refractivity contribution >= 4 is 23.5 Å². The van der Waals surface area contributed by atoms with Crippen molar-refractivity contribution in [3.05, 3.63) is 64.7 Å². The summed E-state index contributed by atoms with van der Waals surface area (Å²) in [5, 5.41) is 10.7. The number of rotatable bonds is 5. The molecule has 1 aliphatic rings. The first-order valence-corrected chi connectivity index (χ1v) is 9.45. The molecule has 0 spiro atoms. The monoisotopic (exact) mass is 412 g/mol. The summed E-state index contributed by atoms with van der Waals surface area (Å²) in [6.07, 6.45) is 0. The molecular formula is C22H21ClN2O4. The fourth-order valence-corrected chi connectivity index (χ4v) is 4.02. The van der Waals surface area contributed by atoms with E-state index in [9.17, 15) is 14.9 Å². The summed E-state index contributed by atoms with van der Waals surface area (Å²) in [7, 11) is 2.78. The first-order valence-electron chi connectivity index (χ1n) is 9.07. The highest BCUT2D eigenvalue weighted by atomic mass is 35.5. The normalized spacial score (nSPS) is 23.6. The number of nitrogens with zero attached hydrogens (tertiary/aromatic N) is 2. The maximum absolute atomic E-state index is 13.2. The van der Waals surface area contributed by atoms with Gasteiger partial charge in [-0.05, 0) is 35.4 Å². The molecule has 3 atom stereocenters. The van der Waals surface area contributed by atoms with Gasteiger partial charge in [-0.25, -0.2) is 0 Å². The lowest BCUT2D eigenvalue weighted by atomic mass is 9.72. The van der Waals surface area contributed by atoms with E-state index in [2.05, 4.69) is 6.07 Å². The Labute approximate surface area is 174 Å². The van der Waals surface area contributed by atoms with Gasteiger partial charge in [-0.1, -0.05) is 42.8 Å². The number of ether oxygens (including phenoxy) is 2. The topological polar surface area (TPSA) is 79.6 Å². The summed E-state index contributed by atoms with van der Waals surface area (Å²) in [5.41, 5.74) is -0.163. The van der Waals surface area contributed by atoms with E-state index in [0.29, 0.717) is 16.3 Å². The van der Waals surface area contributed by atoms with Gasteiger partial charge in [0.15, 0.2) is 5.41 Å². The lowest BCUT2D eigenvalue weighted by Crippen LogP contribution is -2.40. The number of amides is 1. The fourth-order valence-electron chi connectivity index (χ4n) is 3.90. The third kappa shape index (κ3) is 3.43. The van der Waals surface area contributed by atoms with Crippen LogP contribution >= 0.6 is 11.6 Å².